The van der Waals surface area contributed by atoms with Gasteiger partial charge in [-0.3, -0.25) is 4.79 Å². The van der Waals surface area contributed by atoms with E-state index in [9.17, 15) is 4.79 Å². The first-order chi connectivity index (χ1) is 10.7. The summed E-state index contributed by atoms with van der Waals surface area (Å²) < 4.78 is 15.1. The second-order valence-electron chi connectivity index (χ2n) is 4.67. The van der Waals surface area contributed by atoms with Gasteiger partial charge in [-0.25, -0.2) is 9.97 Å². The molecule has 0 atom stereocenters. The summed E-state index contributed by atoms with van der Waals surface area (Å²) in [6, 6.07) is 0. The number of anilines is 1. The van der Waals surface area contributed by atoms with Gasteiger partial charge in [-0.1, -0.05) is 0 Å². The number of hydrogen-bond acceptors (Lipinski definition) is 7. The van der Waals surface area contributed by atoms with E-state index in [1.165, 1.54) is 0 Å². The Balaban J connectivity index is 2.57. The number of methoxy groups -OCH3 is 2. The maximum absolute atomic E-state index is 11.3. The van der Waals surface area contributed by atoms with Crippen LogP contribution in [0.3, 0.4) is 0 Å². The molecule has 0 aliphatic rings. The van der Waals surface area contributed by atoms with E-state index in [2.05, 4.69) is 9.97 Å². The molecular formula is C15H25N3O4. The quantitative estimate of drug-likeness (QED) is 0.566. The van der Waals surface area contributed by atoms with Crippen LogP contribution in [0.25, 0.3) is 0 Å². The Labute approximate surface area is 131 Å². The van der Waals surface area contributed by atoms with E-state index >= 15 is 0 Å². The van der Waals surface area contributed by atoms with Crippen molar-refractivity contribution in [2.24, 2.45) is 0 Å². The van der Waals surface area contributed by atoms with Gasteiger partial charge in [-0.05, 0) is 18.9 Å². The van der Waals surface area contributed by atoms with Crippen LogP contribution in [0.5, 0.6) is 0 Å². The van der Waals surface area contributed by atoms with E-state index in [-0.39, 0.29) is 5.97 Å². The highest BCUT2D eigenvalue weighted by Crippen LogP contribution is 2.08. The Morgan fingerprint density at radius 2 is 1.73 bits per heavy atom. The molecule has 1 heterocycles. The largest absolute Gasteiger partial charge is 0.466 e. The molecule has 0 saturated carbocycles. The van der Waals surface area contributed by atoms with Gasteiger partial charge < -0.3 is 19.1 Å². The lowest BCUT2D eigenvalue weighted by Gasteiger charge is -2.21. The number of aromatic nitrogens is 2. The molecule has 1 aromatic heterocycles. The van der Waals surface area contributed by atoms with E-state index < -0.39 is 0 Å². The Hall–Kier alpha value is -1.73. The van der Waals surface area contributed by atoms with Crippen molar-refractivity contribution in [1.29, 1.82) is 0 Å². The van der Waals surface area contributed by atoms with E-state index in [0.717, 1.165) is 5.56 Å². The number of esters is 1. The van der Waals surface area contributed by atoms with E-state index in [1.807, 2.05) is 4.90 Å². The van der Waals surface area contributed by atoms with Crippen molar-refractivity contribution >= 4 is 11.9 Å². The van der Waals surface area contributed by atoms with Gasteiger partial charge in [0.2, 0.25) is 5.95 Å². The molecule has 0 unspecified atom stereocenters. The van der Waals surface area contributed by atoms with Gasteiger partial charge in [-0.2, -0.15) is 0 Å². The monoisotopic (exact) mass is 311 g/mol. The average molecular weight is 311 g/mol. The van der Waals surface area contributed by atoms with Gasteiger partial charge in [0.1, 0.15) is 0 Å². The van der Waals surface area contributed by atoms with Crippen molar-refractivity contribution in [2.45, 2.75) is 19.8 Å². The third-order valence-electron chi connectivity index (χ3n) is 3.03. The second-order valence-corrected chi connectivity index (χ2v) is 4.67. The highest BCUT2D eigenvalue weighted by molar-refractivity contribution is 5.69. The van der Waals surface area contributed by atoms with Gasteiger partial charge >= 0.3 is 5.97 Å². The molecule has 0 aromatic carbocycles. The van der Waals surface area contributed by atoms with Gasteiger partial charge in [0.05, 0.1) is 19.8 Å². The fourth-order valence-electron chi connectivity index (χ4n) is 1.83. The van der Waals surface area contributed by atoms with Gasteiger partial charge in [0.25, 0.3) is 0 Å². The molecular weight excluding hydrogens is 286 g/mol. The summed E-state index contributed by atoms with van der Waals surface area (Å²) in [7, 11) is 3.32. The van der Waals surface area contributed by atoms with Crippen LogP contribution in [-0.2, 0) is 25.4 Å². The normalized spacial score (nSPS) is 10.5. The molecule has 0 bridgehead atoms. The minimum Gasteiger partial charge on any atom is -0.466 e. The summed E-state index contributed by atoms with van der Waals surface area (Å²) in [5.74, 6) is 0.433. The Morgan fingerprint density at radius 3 is 2.23 bits per heavy atom. The fourth-order valence-corrected chi connectivity index (χ4v) is 1.83. The maximum Gasteiger partial charge on any atom is 0.306 e. The molecule has 7 nitrogen and oxygen atoms in total. The third kappa shape index (κ3) is 6.82. The van der Waals surface area contributed by atoms with Crippen LogP contribution in [0.2, 0.25) is 0 Å². The molecule has 0 aliphatic carbocycles. The van der Waals surface area contributed by atoms with Gasteiger partial charge in [0.15, 0.2) is 0 Å². The van der Waals surface area contributed by atoms with Crippen LogP contribution in [0.15, 0.2) is 12.4 Å². The van der Waals surface area contributed by atoms with Crippen molar-refractivity contribution in [3.05, 3.63) is 18.0 Å². The number of ether oxygens (including phenoxy) is 3. The van der Waals surface area contributed by atoms with Crippen molar-refractivity contribution in [2.75, 3.05) is 52.0 Å². The van der Waals surface area contributed by atoms with Crippen LogP contribution < -0.4 is 4.90 Å². The summed E-state index contributed by atoms with van der Waals surface area (Å²) >= 11 is 0. The standard InChI is InChI=1S/C15H25N3O4/c1-4-22-14(19)6-5-13-11-16-15(17-12-13)18(7-9-20-2)8-10-21-3/h11-12H,4-10H2,1-3H3. The minimum absolute atomic E-state index is 0.201. The topological polar surface area (TPSA) is 73.8 Å². The molecule has 0 aliphatic heterocycles. The first-order valence-electron chi connectivity index (χ1n) is 7.40. The summed E-state index contributed by atoms with van der Waals surface area (Å²) in [6.45, 7) is 4.78. The fraction of sp³-hybridized carbons (Fsp3) is 0.667. The molecule has 0 N–H and O–H groups in total. The summed E-state index contributed by atoms with van der Waals surface area (Å²) in [5.41, 5.74) is 0.912. The lowest BCUT2D eigenvalue weighted by atomic mass is 10.2. The zero-order chi connectivity index (χ0) is 16.2. The van der Waals surface area contributed by atoms with Gasteiger partial charge in [0, 0.05) is 46.1 Å². The average Bonchev–Trinajstić information content (AvgIpc) is 2.54. The Bertz CT molecular complexity index is 417. The molecule has 0 fully saturated rings. The maximum atomic E-state index is 11.3. The zero-order valence-corrected chi connectivity index (χ0v) is 13.6. The molecule has 7 heteroatoms. The van der Waals surface area contributed by atoms with Crippen molar-refractivity contribution in [3.8, 4) is 0 Å². The second kappa shape index (κ2) is 10.9. The minimum atomic E-state index is -0.201. The van der Waals surface area contributed by atoms with Crippen LogP contribution >= 0.6 is 0 Å². The molecule has 1 aromatic rings. The van der Waals surface area contributed by atoms with Crippen LogP contribution in [-0.4, -0.2) is 63.1 Å². The number of rotatable bonds is 11. The van der Waals surface area contributed by atoms with Crippen LogP contribution in [0.1, 0.15) is 18.9 Å². The van der Waals surface area contributed by atoms with Crippen LogP contribution in [0, 0.1) is 0 Å². The Morgan fingerprint density at radius 1 is 1.14 bits per heavy atom. The molecule has 22 heavy (non-hydrogen) atoms. The molecule has 0 spiro atoms. The first-order valence-corrected chi connectivity index (χ1v) is 7.40. The molecule has 0 amide bonds. The highest BCUT2D eigenvalue weighted by Gasteiger charge is 2.10. The summed E-state index contributed by atoms with van der Waals surface area (Å²) in [6.07, 6.45) is 4.41. The predicted molar refractivity (Wildman–Crippen MR) is 83.0 cm³/mol. The number of aryl methyl sites for hydroxylation is 1. The Kier molecular flexibility index (Phi) is 9.09. The van der Waals surface area contributed by atoms with Crippen molar-refractivity contribution in [3.63, 3.8) is 0 Å². The van der Waals surface area contributed by atoms with Crippen molar-refractivity contribution < 1.29 is 19.0 Å². The van der Waals surface area contributed by atoms with E-state index in [4.69, 9.17) is 14.2 Å². The number of hydrogen-bond donors (Lipinski definition) is 0. The van der Waals surface area contributed by atoms with Gasteiger partial charge in [-0.15, -0.1) is 0 Å². The SMILES string of the molecule is CCOC(=O)CCc1cnc(N(CCOC)CCOC)nc1. The number of carbonyl (C=O) groups is 1. The molecule has 0 saturated heterocycles. The predicted octanol–water partition coefficient (Wildman–Crippen LogP) is 1.07. The summed E-state index contributed by atoms with van der Waals surface area (Å²) in [5, 5.41) is 0. The molecule has 1 rings (SSSR count). The number of carbonyl (C=O) groups excluding carboxylic acids is 1. The number of nitrogens with zero attached hydrogens (tertiary/aromatic N) is 3. The van der Waals surface area contributed by atoms with E-state index in [0.29, 0.717) is 51.7 Å². The van der Waals surface area contributed by atoms with E-state index in [1.54, 1.807) is 33.5 Å². The summed E-state index contributed by atoms with van der Waals surface area (Å²) in [4.78, 5) is 22.1. The highest BCUT2D eigenvalue weighted by atomic mass is 16.5. The lowest BCUT2D eigenvalue weighted by molar-refractivity contribution is -0.143. The third-order valence-corrected chi connectivity index (χ3v) is 3.03. The van der Waals surface area contributed by atoms with Crippen molar-refractivity contribution in [1.82, 2.24) is 9.97 Å². The molecule has 0 radical (unpaired) electrons. The lowest BCUT2D eigenvalue weighted by Crippen LogP contribution is -2.32. The van der Waals surface area contributed by atoms with Crippen LogP contribution in [0.4, 0.5) is 5.95 Å². The first kappa shape index (κ1) is 18.3. The molecule has 124 valence electrons. The zero-order valence-electron chi connectivity index (χ0n) is 13.6. The smallest absolute Gasteiger partial charge is 0.306 e.